The molecule has 0 unspecified atom stereocenters. The summed E-state index contributed by atoms with van der Waals surface area (Å²) >= 11 is 0. The molecule has 2 amide bonds. The van der Waals surface area contributed by atoms with Gasteiger partial charge in [-0.05, 0) is 6.07 Å². The Bertz CT molecular complexity index is 810. The van der Waals surface area contributed by atoms with Crippen molar-refractivity contribution >= 4 is 40.7 Å². The Morgan fingerprint density at radius 1 is 1.13 bits per heavy atom. The average Bonchev–Trinajstić information content (AvgIpc) is 2.96. The van der Waals surface area contributed by atoms with Crippen molar-refractivity contribution in [1.29, 1.82) is 0 Å². The number of nitrogens with two attached hydrogens (primary N) is 1. The Labute approximate surface area is 140 Å². The first-order valence-corrected chi connectivity index (χ1v) is 7.11. The van der Waals surface area contributed by atoms with Crippen molar-refractivity contribution in [3.8, 4) is 0 Å². The molecule has 0 saturated carbocycles. The Morgan fingerprint density at radius 2 is 1.83 bits per heavy atom. The second-order valence-corrected chi connectivity index (χ2v) is 5.31. The number of rotatable bonds is 4. The van der Waals surface area contributed by atoms with Crippen LogP contribution in [-0.2, 0) is 16.6 Å². The normalized spacial score (nSPS) is 14.7. The first kappa shape index (κ1) is 17.1. The fourth-order valence-electron chi connectivity index (χ4n) is 2.79. The molecule has 0 bridgehead atoms. The topological polar surface area (TPSA) is 80.4 Å². The smallest absolute Gasteiger partial charge is 0.277 e. The summed E-state index contributed by atoms with van der Waals surface area (Å²) in [6.07, 6.45) is 1.88. The molecule has 0 radical (unpaired) electrons. The van der Waals surface area contributed by atoms with Crippen LogP contribution in [0.15, 0.2) is 36.2 Å². The Kier molecular flexibility index (Phi) is 4.77. The number of imide groups is 1. The number of fused-ring (bicyclic) bond motifs is 1. The number of carbonyl (C=O) groups is 2. The molecule has 0 aliphatic carbocycles. The van der Waals surface area contributed by atoms with Gasteiger partial charge in [0.1, 0.15) is 5.70 Å². The number of hydrogen-bond acceptors (Lipinski definition) is 4. The third kappa shape index (κ3) is 2.60. The van der Waals surface area contributed by atoms with Crippen molar-refractivity contribution in [2.75, 3.05) is 20.1 Å². The predicted octanol–water partition coefficient (Wildman–Crippen LogP) is 0.858. The summed E-state index contributed by atoms with van der Waals surface area (Å²) in [5.41, 5.74) is 8.02. The number of para-hydroxylation sites is 1. The van der Waals surface area contributed by atoms with Gasteiger partial charge in [0, 0.05) is 49.8 Å². The van der Waals surface area contributed by atoms with Gasteiger partial charge in [0.15, 0.2) is 0 Å². The highest BCUT2D eigenvalue weighted by Crippen LogP contribution is 2.33. The molecule has 122 valence electrons. The van der Waals surface area contributed by atoms with Crippen LogP contribution in [-0.4, -0.2) is 41.4 Å². The first-order chi connectivity index (χ1) is 10.6. The van der Waals surface area contributed by atoms with Gasteiger partial charge in [-0.1, -0.05) is 18.2 Å². The lowest BCUT2D eigenvalue weighted by atomic mass is 10.0. The van der Waals surface area contributed by atoms with Crippen molar-refractivity contribution in [3.05, 3.63) is 41.7 Å². The molecule has 2 heterocycles. The third-order valence-electron chi connectivity index (χ3n) is 3.90. The van der Waals surface area contributed by atoms with E-state index in [9.17, 15) is 9.59 Å². The number of likely N-dealkylation sites (N-methyl/N-ethyl adjacent to an activating group) is 1. The Balaban J connectivity index is 0.00000192. The number of carbonyl (C=O) groups excluding carboxylic acids is 2. The van der Waals surface area contributed by atoms with E-state index in [1.165, 1.54) is 7.05 Å². The van der Waals surface area contributed by atoms with Crippen LogP contribution in [0.3, 0.4) is 0 Å². The molecule has 1 aliphatic heterocycles. The van der Waals surface area contributed by atoms with Gasteiger partial charge in [-0.25, -0.2) is 0 Å². The number of halogens is 1. The van der Waals surface area contributed by atoms with E-state index < -0.39 is 0 Å². The molecule has 7 heteroatoms. The molecule has 0 fully saturated rings. The van der Waals surface area contributed by atoms with Crippen LogP contribution in [0.25, 0.3) is 16.5 Å². The van der Waals surface area contributed by atoms with Gasteiger partial charge in [-0.3, -0.25) is 14.5 Å². The zero-order chi connectivity index (χ0) is 15.9. The molecule has 3 rings (SSSR count). The van der Waals surface area contributed by atoms with E-state index in [2.05, 4.69) is 5.32 Å². The van der Waals surface area contributed by atoms with Crippen molar-refractivity contribution in [2.45, 2.75) is 0 Å². The van der Waals surface area contributed by atoms with E-state index in [0.717, 1.165) is 21.4 Å². The van der Waals surface area contributed by atoms with Crippen LogP contribution < -0.4 is 11.1 Å². The van der Waals surface area contributed by atoms with E-state index in [4.69, 9.17) is 5.73 Å². The maximum absolute atomic E-state index is 12.5. The number of benzene rings is 1. The standard InChI is InChI=1S/C16H18N4O2.ClH/c1-19-9-11(10-5-3-4-6-12(10)19)13-14(18-8-7-17)16(22)20(2)15(13)21;/h3-6,9,18H,7-8,17H2,1-2H3;1H. The minimum absolute atomic E-state index is 0. The molecule has 0 spiro atoms. The van der Waals surface area contributed by atoms with E-state index in [0.29, 0.717) is 24.4 Å². The lowest BCUT2D eigenvalue weighted by Gasteiger charge is -2.07. The SMILES string of the molecule is CN1C(=O)C(NCCN)=C(c2cn(C)c3ccccc23)C1=O.Cl. The Morgan fingerprint density at radius 3 is 2.52 bits per heavy atom. The van der Waals surface area contributed by atoms with Crippen LogP contribution in [0.5, 0.6) is 0 Å². The molecule has 0 atom stereocenters. The monoisotopic (exact) mass is 334 g/mol. The summed E-state index contributed by atoms with van der Waals surface area (Å²) < 4.78 is 1.95. The molecule has 6 nitrogen and oxygen atoms in total. The highest BCUT2D eigenvalue weighted by atomic mass is 35.5. The number of nitrogens with one attached hydrogen (secondary N) is 1. The van der Waals surface area contributed by atoms with E-state index >= 15 is 0 Å². The van der Waals surface area contributed by atoms with Gasteiger partial charge in [-0.2, -0.15) is 0 Å². The quantitative estimate of drug-likeness (QED) is 0.813. The number of aryl methyl sites for hydroxylation is 1. The summed E-state index contributed by atoms with van der Waals surface area (Å²) in [4.78, 5) is 25.9. The van der Waals surface area contributed by atoms with Crippen LogP contribution in [0.1, 0.15) is 5.56 Å². The van der Waals surface area contributed by atoms with Gasteiger partial charge in [-0.15, -0.1) is 12.4 Å². The second-order valence-electron chi connectivity index (χ2n) is 5.31. The third-order valence-corrected chi connectivity index (χ3v) is 3.90. The Hall–Kier alpha value is -2.31. The first-order valence-electron chi connectivity index (χ1n) is 7.11. The van der Waals surface area contributed by atoms with E-state index in [1.54, 1.807) is 0 Å². The number of aromatic nitrogens is 1. The lowest BCUT2D eigenvalue weighted by molar-refractivity contribution is -0.135. The summed E-state index contributed by atoms with van der Waals surface area (Å²) in [7, 11) is 3.41. The van der Waals surface area contributed by atoms with Crippen molar-refractivity contribution in [3.63, 3.8) is 0 Å². The summed E-state index contributed by atoms with van der Waals surface area (Å²) in [6.45, 7) is 0.827. The highest BCUT2D eigenvalue weighted by molar-refractivity contribution is 6.36. The van der Waals surface area contributed by atoms with Gasteiger partial charge >= 0.3 is 0 Å². The molecule has 1 aromatic heterocycles. The number of hydrogen-bond donors (Lipinski definition) is 2. The summed E-state index contributed by atoms with van der Waals surface area (Å²) in [5, 5.41) is 3.95. The maximum atomic E-state index is 12.5. The minimum Gasteiger partial charge on any atom is -0.379 e. The molecule has 1 aromatic carbocycles. The zero-order valence-corrected chi connectivity index (χ0v) is 13.8. The molecule has 23 heavy (non-hydrogen) atoms. The summed E-state index contributed by atoms with van der Waals surface area (Å²) in [6, 6.07) is 7.80. The van der Waals surface area contributed by atoms with E-state index in [-0.39, 0.29) is 24.2 Å². The van der Waals surface area contributed by atoms with Gasteiger partial charge in [0.25, 0.3) is 11.8 Å². The maximum Gasteiger partial charge on any atom is 0.277 e. The molecule has 2 aromatic rings. The fourth-order valence-corrected chi connectivity index (χ4v) is 2.79. The largest absolute Gasteiger partial charge is 0.379 e. The van der Waals surface area contributed by atoms with Crippen LogP contribution in [0.4, 0.5) is 0 Å². The average molecular weight is 335 g/mol. The van der Waals surface area contributed by atoms with Crippen molar-refractivity contribution in [2.24, 2.45) is 12.8 Å². The molecular weight excluding hydrogens is 316 g/mol. The molecular formula is C16H19ClN4O2. The molecule has 0 saturated heterocycles. The minimum atomic E-state index is -0.318. The van der Waals surface area contributed by atoms with Gasteiger partial charge in [0.05, 0.1) is 5.57 Å². The summed E-state index contributed by atoms with van der Waals surface area (Å²) in [5.74, 6) is -0.609. The van der Waals surface area contributed by atoms with Gasteiger partial charge < -0.3 is 15.6 Å². The van der Waals surface area contributed by atoms with E-state index in [1.807, 2.05) is 42.1 Å². The van der Waals surface area contributed by atoms with Gasteiger partial charge in [0.2, 0.25) is 0 Å². The highest BCUT2D eigenvalue weighted by Gasteiger charge is 2.37. The van der Waals surface area contributed by atoms with Crippen LogP contribution in [0.2, 0.25) is 0 Å². The van der Waals surface area contributed by atoms with Crippen molar-refractivity contribution in [1.82, 2.24) is 14.8 Å². The fraction of sp³-hybridized carbons (Fsp3) is 0.250. The van der Waals surface area contributed by atoms with Crippen LogP contribution in [0, 0.1) is 0 Å². The molecule has 1 aliphatic rings. The molecule has 3 N–H and O–H groups in total. The zero-order valence-electron chi connectivity index (χ0n) is 13.0. The van der Waals surface area contributed by atoms with Crippen LogP contribution >= 0.6 is 12.4 Å². The second kappa shape index (κ2) is 6.44. The lowest BCUT2D eigenvalue weighted by Crippen LogP contribution is -2.31. The predicted molar refractivity (Wildman–Crippen MR) is 91.9 cm³/mol. The number of nitrogens with zero attached hydrogens (tertiary/aromatic N) is 2. The van der Waals surface area contributed by atoms with Crippen molar-refractivity contribution < 1.29 is 9.59 Å². The number of amides is 2.